The Morgan fingerprint density at radius 3 is 1.30 bits per heavy atom. The number of nitrogens with zero attached hydrogens (tertiary/aromatic N) is 2. The zero-order valence-electron chi connectivity index (χ0n) is 21.0. The van der Waals surface area contributed by atoms with E-state index in [0.717, 1.165) is 19.8 Å². The van der Waals surface area contributed by atoms with E-state index in [-0.39, 0.29) is 16.2 Å². The van der Waals surface area contributed by atoms with Crippen molar-refractivity contribution in [1.82, 2.24) is 0 Å². The highest BCUT2D eigenvalue weighted by Crippen LogP contribution is 2.35. The summed E-state index contributed by atoms with van der Waals surface area (Å²) in [6.45, 7) is 26.1. The molecule has 0 radical (unpaired) electrons. The Labute approximate surface area is 185 Å². The molecule has 1 fully saturated rings. The van der Waals surface area contributed by atoms with Crippen molar-refractivity contribution in [1.29, 1.82) is 0 Å². The van der Waals surface area contributed by atoms with Crippen LogP contribution in [0.5, 0.6) is 0 Å². The quantitative estimate of drug-likeness (QED) is 0.521. The number of aryl methyl sites for hydroxylation is 1. The summed E-state index contributed by atoms with van der Waals surface area (Å²) in [5.74, 6) is 0. The van der Waals surface area contributed by atoms with Gasteiger partial charge in [-0.05, 0) is 69.7 Å². The third-order valence-electron chi connectivity index (χ3n) is 6.29. The number of hydrogen-bond acceptors (Lipinski definition) is 2. The number of rotatable bonds is 2. The number of benzene rings is 2. The van der Waals surface area contributed by atoms with Crippen LogP contribution in [-0.2, 0) is 16.2 Å². The molecule has 0 unspecified atom stereocenters. The highest BCUT2D eigenvalue weighted by Gasteiger charge is 2.26. The fourth-order valence-corrected chi connectivity index (χ4v) is 4.05. The first-order chi connectivity index (χ1) is 13.6. The van der Waals surface area contributed by atoms with Crippen LogP contribution < -0.4 is 9.80 Å². The second-order valence-corrected chi connectivity index (χ2v) is 12.2. The molecule has 164 valence electrons. The van der Waals surface area contributed by atoms with E-state index in [1.807, 2.05) is 0 Å². The van der Waals surface area contributed by atoms with E-state index in [0.29, 0.717) is 0 Å². The zero-order valence-corrected chi connectivity index (χ0v) is 21.0. The lowest BCUT2D eigenvalue weighted by atomic mass is 9.80. The third kappa shape index (κ3) is 5.02. The van der Waals surface area contributed by atoms with E-state index in [1.165, 1.54) is 33.6 Å². The molecule has 2 nitrogen and oxygen atoms in total. The summed E-state index contributed by atoms with van der Waals surface area (Å²) in [5, 5.41) is 0. The first kappa shape index (κ1) is 22.7. The Kier molecular flexibility index (Phi) is 5.77. The van der Waals surface area contributed by atoms with Gasteiger partial charge in [-0.3, -0.25) is 0 Å². The van der Waals surface area contributed by atoms with Crippen molar-refractivity contribution in [3.05, 3.63) is 58.7 Å². The molecule has 3 rings (SSSR count). The molecule has 0 saturated carbocycles. The van der Waals surface area contributed by atoms with Gasteiger partial charge < -0.3 is 9.80 Å². The Bertz CT molecular complexity index is 871. The van der Waals surface area contributed by atoms with Gasteiger partial charge in [-0.15, -0.1) is 0 Å². The molecule has 2 aromatic carbocycles. The summed E-state index contributed by atoms with van der Waals surface area (Å²) in [7, 11) is 0. The average molecular weight is 407 g/mol. The molecule has 2 aromatic rings. The molecule has 0 aromatic heterocycles. The summed E-state index contributed by atoms with van der Waals surface area (Å²) >= 11 is 0. The first-order valence-corrected chi connectivity index (χ1v) is 11.4. The van der Waals surface area contributed by atoms with E-state index >= 15 is 0 Å². The van der Waals surface area contributed by atoms with Gasteiger partial charge in [0.15, 0.2) is 0 Å². The van der Waals surface area contributed by atoms with Crippen LogP contribution in [-0.4, -0.2) is 19.8 Å². The molecule has 1 heterocycles. The molecular formula is C28H42N2. The van der Waals surface area contributed by atoms with Crippen LogP contribution >= 0.6 is 0 Å². The highest BCUT2D eigenvalue weighted by molar-refractivity contribution is 5.60. The van der Waals surface area contributed by atoms with Crippen molar-refractivity contribution in [2.45, 2.75) is 85.5 Å². The van der Waals surface area contributed by atoms with Gasteiger partial charge in [0.25, 0.3) is 0 Å². The van der Waals surface area contributed by atoms with Crippen LogP contribution in [0.25, 0.3) is 0 Å². The molecule has 0 spiro atoms. The number of anilines is 2. The molecule has 0 N–H and O–H groups in total. The lowest BCUT2D eigenvalue weighted by molar-refractivity contribution is 0.568. The van der Waals surface area contributed by atoms with Gasteiger partial charge in [0.05, 0.1) is 6.67 Å². The standard InChI is InChI=1S/C28H42N2/c1-20-13-21(26(2,3)4)16-24(14-20)29-11-12-30(19-29)25-17-22(27(5,6)7)15-23(18-25)28(8,9)10/h13-18H,11-12,19H2,1-10H3. The molecule has 0 atom stereocenters. The molecule has 0 aliphatic carbocycles. The summed E-state index contributed by atoms with van der Waals surface area (Å²) in [6.07, 6.45) is 0. The molecule has 2 heteroatoms. The van der Waals surface area contributed by atoms with E-state index < -0.39 is 0 Å². The van der Waals surface area contributed by atoms with Crippen molar-refractivity contribution in [2.75, 3.05) is 29.6 Å². The summed E-state index contributed by atoms with van der Waals surface area (Å²) in [6, 6.07) is 14.3. The van der Waals surface area contributed by atoms with Gasteiger partial charge in [-0.25, -0.2) is 0 Å². The van der Waals surface area contributed by atoms with E-state index in [9.17, 15) is 0 Å². The van der Waals surface area contributed by atoms with Gasteiger partial charge in [-0.1, -0.05) is 74.4 Å². The maximum atomic E-state index is 2.55. The Balaban J connectivity index is 1.93. The number of hydrogen-bond donors (Lipinski definition) is 0. The molecule has 1 saturated heterocycles. The van der Waals surface area contributed by atoms with Gasteiger partial charge in [0, 0.05) is 24.5 Å². The molecule has 1 aliphatic rings. The Morgan fingerprint density at radius 1 is 0.533 bits per heavy atom. The van der Waals surface area contributed by atoms with Crippen molar-refractivity contribution in [2.24, 2.45) is 0 Å². The molecular weight excluding hydrogens is 364 g/mol. The van der Waals surface area contributed by atoms with Gasteiger partial charge in [-0.2, -0.15) is 0 Å². The smallest absolute Gasteiger partial charge is 0.0904 e. The Hall–Kier alpha value is -1.96. The normalized spacial score (nSPS) is 15.8. The maximum Gasteiger partial charge on any atom is 0.0904 e. The van der Waals surface area contributed by atoms with Crippen LogP contribution in [0.2, 0.25) is 0 Å². The largest absolute Gasteiger partial charge is 0.352 e. The van der Waals surface area contributed by atoms with Crippen molar-refractivity contribution in [3.8, 4) is 0 Å². The second-order valence-electron chi connectivity index (χ2n) is 12.2. The average Bonchev–Trinajstić information content (AvgIpc) is 3.09. The van der Waals surface area contributed by atoms with Crippen LogP contribution in [0.3, 0.4) is 0 Å². The predicted molar refractivity (Wildman–Crippen MR) is 133 cm³/mol. The minimum atomic E-state index is 0.146. The topological polar surface area (TPSA) is 6.48 Å². The lowest BCUT2D eigenvalue weighted by Gasteiger charge is -2.29. The van der Waals surface area contributed by atoms with Crippen molar-refractivity contribution < 1.29 is 0 Å². The molecule has 0 amide bonds. The van der Waals surface area contributed by atoms with Crippen LogP contribution in [0.15, 0.2) is 36.4 Å². The second kappa shape index (κ2) is 7.62. The summed E-state index contributed by atoms with van der Waals surface area (Å²) < 4.78 is 0. The van der Waals surface area contributed by atoms with Gasteiger partial charge in [0.2, 0.25) is 0 Å². The van der Waals surface area contributed by atoms with Gasteiger partial charge >= 0.3 is 0 Å². The fraction of sp³-hybridized carbons (Fsp3) is 0.571. The summed E-state index contributed by atoms with van der Waals surface area (Å²) in [4.78, 5) is 5.08. The maximum absolute atomic E-state index is 2.55. The molecule has 1 aliphatic heterocycles. The predicted octanol–water partition coefficient (Wildman–Crippen LogP) is 7.17. The zero-order chi connectivity index (χ0) is 22.5. The SMILES string of the molecule is Cc1cc(N2CCN(c3cc(C(C)(C)C)cc(C(C)(C)C)c3)C2)cc(C(C)(C)C)c1. The van der Waals surface area contributed by atoms with Crippen LogP contribution in [0.1, 0.15) is 84.6 Å². The lowest BCUT2D eigenvalue weighted by Crippen LogP contribution is -2.26. The van der Waals surface area contributed by atoms with Gasteiger partial charge in [0.1, 0.15) is 0 Å². The minimum Gasteiger partial charge on any atom is -0.352 e. The monoisotopic (exact) mass is 406 g/mol. The third-order valence-corrected chi connectivity index (χ3v) is 6.29. The van der Waals surface area contributed by atoms with E-state index in [1.54, 1.807) is 0 Å². The van der Waals surface area contributed by atoms with Crippen LogP contribution in [0.4, 0.5) is 11.4 Å². The van der Waals surface area contributed by atoms with E-state index in [2.05, 4.69) is 115 Å². The summed E-state index contributed by atoms with van der Waals surface area (Å²) in [5.41, 5.74) is 8.79. The van der Waals surface area contributed by atoms with Crippen molar-refractivity contribution in [3.63, 3.8) is 0 Å². The molecule has 0 bridgehead atoms. The fourth-order valence-electron chi connectivity index (χ4n) is 4.05. The molecule has 30 heavy (non-hydrogen) atoms. The van der Waals surface area contributed by atoms with Crippen LogP contribution in [0, 0.1) is 6.92 Å². The minimum absolute atomic E-state index is 0.146. The first-order valence-electron chi connectivity index (χ1n) is 11.4. The highest BCUT2D eigenvalue weighted by atomic mass is 15.4. The Morgan fingerprint density at radius 2 is 0.900 bits per heavy atom. The van der Waals surface area contributed by atoms with E-state index in [4.69, 9.17) is 0 Å². The van der Waals surface area contributed by atoms with Crippen molar-refractivity contribution >= 4 is 11.4 Å².